The summed E-state index contributed by atoms with van der Waals surface area (Å²) in [5.74, 6) is 0.904. The molecule has 1 heterocycles. The van der Waals surface area contributed by atoms with Gasteiger partial charge in [0.1, 0.15) is 5.82 Å². The summed E-state index contributed by atoms with van der Waals surface area (Å²) in [6, 6.07) is 6.34. The van der Waals surface area contributed by atoms with Crippen LogP contribution in [0.4, 0.5) is 0 Å². The molecule has 96 valence electrons. The molecule has 1 aromatic heterocycles. The largest absolute Gasteiger partial charge is 0.330 e. The van der Waals surface area contributed by atoms with Crippen LogP contribution >= 0.6 is 11.6 Å². The first-order chi connectivity index (χ1) is 8.54. The average molecular weight is 264 g/mol. The molecular formula is C14H18ClN3. The van der Waals surface area contributed by atoms with Crippen LogP contribution in [0.1, 0.15) is 16.8 Å². The molecule has 0 saturated heterocycles. The van der Waals surface area contributed by atoms with Gasteiger partial charge >= 0.3 is 0 Å². The Morgan fingerprint density at radius 1 is 1.33 bits per heavy atom. The van der Waals surface area contributed by atoms with E-state index in [0.717, 1.165) is 23.5 Å². The third-order valence-corrected chi connectivity index (χ3v) is 3.47. The quantitative estimate of drug-likeness (QED) is 0.925. The monoisotopic (exact) mass is 263 g/mol. The molecule has 0 fully saturated rings. The lowest BCUT2D eigenvalue weighted by molar-refractivity contribution is 0.810. The van der Waals surface area contributed by atoms with Gasteiger partial charge in [-0.25, -0.2) is 4.98 Å². The SMILES string of the molecule is Cc1ccc(-c2nc(Cl)c(CCN)n2C)c(C)c1. The van der Waals surface area contributed by atoms with Gasteiger partial charge in [-0.05, 0) is 26.0 Å². The highest BCUT2D eigenvalue weighted by atomic mass is 35.5. The van der Waals surface area contributed by atoms with Crippen molar-refractivity contribution in [3.05, 3.63) is 40.2 Å². The van der Waals surface area contributed by atoms with Crippen LogP contribution in [0.5, 0.6) is 0 Å². The molecule has 0 spiro atoms. The molecule has 0 radical (unpaired) electrons. The van der Waals surface area contributed by atoms with E-state index in [2.05, 4.69) is 37.0 Å². The lowest BCUT2D eigenvalue weighted by Crippen LogP contribution is -2.07. The normalized spacial score (nSPS) is 10.9. The van der Waals surface area contributed by atoms with Crippen molar-refractivity contribution in [2.45, 2.75) is 20.3 Å². The fraction of sp³-hybridized carbons (Fsp3) is 0.357. The van der Waals surface area contributed by atoms with Crippen molar-refractivity contribution in [1.82, 2.24) is 9.55 Å². The second kappa shape index (κ2) is 5.12. The zero-order valence-corrected chi connectivity index (χ0v) is 11.8. The van der Waals surface area contributed by atoms with Gasteiger partial charge in [0.25, 0.3) is 0 Å². The summed E-state index contributed by atoms with van der Waals surface area (Å²) in [5.41, 5.74) is 10.2. The van der Waals surface area contributed by atoms with Crippen LogP contribution in [-0.4, -0.2) is 16.1 Å². The van der Waals surface area contributed by atoms with E-state index in [-0.39, 0.29) is 0 Å². The molecule has 0 atom stereocenters. The standard InChI is InChI=1S/C14H18ClN3/c1-9-4-5-11(10(2)8-9)14-17-13(15)12(6-7-16)18(14)3/h4-5,8H,6-7,16H2,1-3H3. The molecule has 3 nitrogen and oxygen atoms in total. The number of aromatic nitrogens is 2. The van der Waals surface area contributed by atoms with Crippen LogP contribution in [0.3, 0.4) is 0 Å². The van der Waals surface area contributed by atoms with Gasteiger partial charge in [-0.15, -0.1) is 0 Å². The Hall–Kier alpha value is -1.32. The Kier molecular flexibility index (Phi) is 3.73. The van der Waals surface area contributed by atoms with Gasteiger partial charge in [-0.2, -0.15) is 0 Å². The topological polar surface area (TPSA) is 43.8 Å². The van der Waals surface area contributed by atoms with Gasteiger partial charge in [0.15, 0.2) is 5.15 Å². The Labute approximate surface area is 113 Å². The first kappa shape index (κ1) is 13.1. The van der Waals surface area contributed by atoms with Crippen molar-refractivity contribution < 1.29 is 0 Å². The molecule has 4 heteroatoms. The van der Waals surface area contributed by atoms with Crippen molar-refractivity contribution in [1.29, 1.82) is 0 Å². The second-order valence-corrected chi connectivity index (χ2v) is 4.95. The summed E-state index contributed by atoms with van der Waals surface area (Å²) in [5, 5.41) is 0.554. The van der Waals surface area contributed by atoms with Gasteiger partial charge in [-0.3, -0.25) is 0 Å². The fourth-order valence-electron chi connectivity index (χ4n) is 2.21. The number of hydrogen-bond acceptors (Lipinski definition) is 2. The maximum absolute atomic E-state index is 6.18. The van der Waals surface area contributed by atoms with E-state index in [4.69, 9.17) is 17.3 Å². The summed E-state index contributed by atoms with van der Waals surface area (Å²) >= 11 is 6.18. The second-order valence-electron chi connectivity index (χ2n) is 4.59. The number of hydrogen-bond donors (Lipinski definition) is 1. The maximum atomic E-state index is 6.18. The number of nitrogens with two attached hydrogens (primary N) is 1. The van der Waals surface area contributed by atoms with Crippen LogP contribution < -0.4 is 5.73 Å². The number of benzene rings is 1. The molecule has 1 aromatic carbocycles. The molecule has 2 aromatic rings. The van der Waals surface area contributed by atoms with Gasteiger partial charge < -0.3 is 10.3 Å². The number of nitrogens with zero attached hydrogens (tertiary/aromatic N) is 2. The minimum atomic E-state index is 0.554. The molecule has 2 rings (SSSR count). The summed E-state index contributed by atoms with van der Waals surface area (Å²) in [6.45, 7) is 4.75. The van der Waals surface area contributed by atoms with E-state index in [1.807, 2.05) is 11.6 Å². The molecular weight excluding hydrogens is 246 g/mol. The Morgan fingerprint density at radius 3 is 2.67 bits per heavy atom. The van der Waals surface area contributed by atoms with Crippen LogP contribution in [-0.2, 0) is 13.5 Å². The molecule has 0 aliphatic rings. The van der Waals surface area contributed by atoms with Gasteiger partial charge in [-0.1, -0.05) is 35.4 Å². The van der Waals surface area contributed by atoms with E-state index < -0.39 is 0 Å². The molecule has 2 N–H and O–H groups in total. The highest BCUT2D eigenvalue weighted by Crippen LogP contribution is 2.27. The Bertz CT molecular complexity index is 573. The lowest BCUT2D eigenvalue weighted by atomic mass is 10.1. The molecule has 0 aliphatic carbocycles. The third-order valence-electron chi connectivity index (χ3n) is 3.17. The van der Waals surface area contributed by atoms with E-state index >= 15 is 0 Å². The summed E-state index contributed by atoms with van der Waals surface area (Å²) < 4.78 is 2.03. The van der Waals surface area contributed by atoms with Crippen molar-refractivity contribution >= 4 is 11.6 Å². The Morgan fingerprint density at radius 2 is 2.06 bits per heavy atom. The fourth-order valence-corrected chi connectivity index (χ4v) is 2.51. The lowest BCUT2D eigenvalue weighted by Gasteiger charge is -2.08. The van der Waals surface area contributed by atoms with Crippen LogP contribution in [0.2, 0.25) is 5.15 Å². The summed E-state index contributed by atoms with van der Waals surface area (Å²) in [6.07, 6.45) is 0.743. The number of halogens is 1. The predicted molar refractivity (Wildman–Crippen MR) is 75.9 cm³/mol. The maximum Gasteiger partial charge on any atom is 0.151 e. The molecule has 0 aliphatic heterocycles. The first-order valence-electron chi connectivity index (χ1n) is 6.03. The van der Waals surface area contributed by atoms with Crippen LogP contribution in [0.25, 0.3) is 11.4 Å². The Balaban J connectivity index is 2.54. The van der Waals surface area contributed by atoms with Crippen molar-refractivity contribution in [2.75, 3.05) is 6.54 Å². The van der Waals surface area contributed by atoms with E-state index in [1.54, 1.807) is 0 Å². The average Bonchev–Trinajstić information content (AvgIpc) is 2.58. The predicted octanol–water partition coefficient (Wildman–Crippen LogP) is 2.86. The molecule has 0 bridgehead atoms. The van der Waals surface area contributed by atoms with Gasteiger partial charge in [0.05, 0.1) is 5.69 Å². The zero-order chi connectivity index (χ0) is 13.3. The molecule has 18 heavy (non-hydrogen) atoms. The number of imidazole rings is 1. The highest BCUT2D eigenvalue weighted by molar-refractivity contribution is 6.30. The van der Waals surface area contributed by atoms with Crippen molar-refractivity contribution in [3.63, 3.8) is 0 Å². The van der Waals surface area contributed by atoms with Gasteiger partial charge in [0.2, 0.25) is 0 Å². The van der Waals surface area contributed by atoms with Crippen molar-refractivity contribution in [2.24, 2.45) is 12.8 Å². The zero-order valence-electron chi connectivity index (χ0n) is 11.0. The highest BCUT2D eigenvalue weighted by Gasteiger charge is 2.15. The summed E-state index contributed by atoms with van der Waals surface area (Å²) in [4.78, 5) is 4.46. The molecule has 0 unspecified atom stereocenters. The van der Waals surface area contributed by atoms with Crippen molar-refractivity contribution in [3.8, 4) is 11.4 Å². The van der Waals surface area contributed by atoms with E-state index in [9.17, 15) is 0 Å². The smallest absolute Gasteiger partial charge is 0.151 e. The van der Waals surface area contributed by atoms with Gasteiger partial charge in [0, 0.05) is 19.0 Å². The summed E-state index contributed by atoms with van der Waals surface area (Å²) in [7, 11) is 1.98. The van der Waals surface area contributed by atoms with Crippen LogP contribution in [0, 0.1) is 13.8 Å². The third kappa shape index (κ3) is 2.28. The first-order valence-corrected chi connectivity index (χ1v) is 6.41. The molecule has 0 amide bonds. The van der Waals surface area contributed by atoms with E-state index in [1.165, 1.54) is 11.1 Å². The minimum Gasteiger partial charge on any atom is -0.330 e. The molecule has 0 saturated carbocycles. The number of aryl methyl sites for hydroxylation is 2. The van der Waals surface area contributed by atoms with E-state index in [0.29, 0.717) is 11.7 Å². The number of rotatable bonds is 3. The van der Waals surface area contributed by atoms with Crippen LogP contribution in [0.15, 0.2) is 18.2 Å². The minimum absolute atomic E-state index is 0.554.